The van der Waals surface area contributed by atoms with E-state index in [1.54, 1.807) is 17.1 Å². The van der Waals surface area contributed by atoms with Crippen molar-refractivity contribution in [2.75, 3.05) is 11.4 Å². The number of hydrogen-bond acceptors (Lipinski definition) is 6. The molecule has 166 valence electrons. The summed E-state index contributed by atoms with van der Waals surface area (Å²) in [5.74, 6) is 0.494. The minimum Gasteiger partial charge on any atom is -0.477 e. The number of anilines is 1. The number of benzene rings is 1. The monoisotopic (exact) mass is 433 g/mol. The molecule has 1 saturated carbocycles. The predicted octanol–water partition coefficient (Wildman–Crippen LogP) is 2.45. The van der Waals surface area contributed by atoms with Crippen LogP contribution in [0.5, 0.6) is 5.75 Å². The first-order chi connectivity index (χ1) is 15.7. The molecule has 5 rings (SSSR count). The van der Waals surface area contributed by atoms with Crippen LogP contribution in [0.1, 0.15) is 31.4 Å². The molecule has 1 aromatic carbocycles. The molecule has 1 amide bonds. The molecule has 0 radical (unpaired) electrons. The number of nitrogens with one attached hydrogen (secondary N) is 1. The summed E-state index contributed by atoms with van der Waals surface area (Å²) >= 11 is 0. The van der Waals surface area contributed by atoms with Crippen LogP contribution in [0.25, 0.3) is 5.69 Å². The number of carbonyl (C=O) groups excluding carboxylic acids is 1. The van der Waals surface area contributed by atoms with Crippen LogP contribution in [-0.2, 0) is 11.3 Å². The molecule has 32 heavy (non-hydrogen) atoms. The van der Waals surface area contributed by atoms with Crippen molar-refractivity contribution in [3.05, 3.63) is 66.7 Å². The fourth-order valence-corrected chi connectivity index (χ4v) is 4.41. The zero-order valence-electron chi connectivity index (χ0n) is 17.8. The normalized spacial score (nSPS) is 22.7. The van der Waals surface area contributed by atoms with E-state index in [4.69, 9.17) is 4.74 Å². The standard InChI is InChI=1S/C24H27N5O3/c30-21-8-3-1-6-19(21)27-24(31)23-16-28(20-7-2-4-9-22(20)32-23)15-17-10-11-18(14-25-17)29-13-5-12-26-29/h2,4-5,7,9-14,19,21,23,30H,1,3,6,8,15-16H2,(H,27,31). The quantitative estimate of drug-likeness (QED) is 0.642. The van der Waals surface area contributed by atoms with Gasteiger partial charge in [0.15, 0.2) is 6.10 Å². The molecule has 1 aliphatic heterocycles. The van der Waals surface area contributed by atoms with Gasteiger partial charge in [0.1, 0.15) is 5.75 Å². The third kappa shape index (κ3) is 4.31. The molecule has 8 heteroatoms. The smallest absolute Gasteiger partial charge is 0.263 e. The molecule has 0 spiro atoms. The maximum atomic E-state index is 13.0. The van der Waals surface area contributed by atoms with Crippen LogP contribution in [0.4, 0.5) is 5.69 Å². The van der Waals surface area contributed by atoms with Crippen LogP contribution in [0.15, 0.2) is 61.1 Å². The number of amides is 1. The van der Waals surface area contributed by atoms with Crippen LogP contribution in [-0.4, -0.2) is 50.6 Å². The fraction of sp³-hybridized carbons (Fsp3) is 0.375. The zero-order chi connectivity index (χ0) is 21.9. The van der Waals surface area contributed by atoms with Crippen molar-refractivity contribution >= 4 is 11.6 Å². The second kappa shape index (κ2) is 9.00. The van der Waals surface area contributed by atoms with E-state index in [1.165, 1.54) is 0 Å². The fourth-order valence-electron chi connectivity index (χ4n) is 4.41. The summed E-state index contributed by atoms with van der Waals surface area (Å²) in [5, 5.41) is 17.5. The Morgan fingerprint density at radius 2 is 2.03 bits per heavy atom. The Balaban J connectivity index is 1.31. The van der Waals surface area contributed by atoms with Crippen molar-refractivity contribution in [3.63, 3.8) is 0 Å². The number of ether oxygens (including phenoxy) is 1. The number of hydrogen-bond donors (Lipinski definition) is 2. The Labute approximate surface area is 186 Å². The molecular formula is C24H27N5O3. The number of pyridine rings is 1. The summed E-state index contributed by atoms with van der Waals surface area (Å²) in [5.41, 5.74) is 2.72. The topological polar surface area (TPSA) is 92.5 Å². The highest BCUT2D eigenvalue weighted by Crippen LogP contribution is 2.34. The molecule has 1 fully saturated rings. The zero-order valence-corrected chi connectivity index (χ0v) is 17.8. The Hall–Kier alpha value is -3.39. The molecule has 0 bridgehead atoms. The minimum absolute atomic E-state index is 0.183. The first-order valence-electron chi connectivity index (χ1n) is 11.1. The Kier molecular flexibility index (Phi) is 5.77. The van der Waals surface area contributed by atoms with E-state index in [0.29, 0.717) is 18.8 Å². The van der Waals surface area contributed by atoms with Crippen molar-refractivity contribution in [2.45, 2.75) is 50.5 Å². The van der Waals surface area contributed by atoms with Crippen molar-refractivity contribution in [1.82, 2.24) is 20.1 Å². The number of para-hydroxylation sites is 2. The second-order valence-corrected chi connectivity index (χ2v) is 8.38. The van der Waals surface area contributed by atoms with E-state index >= 15 is 0 Å². The number of fused-ring (bicyclic) bond motifs is 1. The van der Waals surface area contributed by atoms with Gasteiger partial charge in [-0.05, 0) is 43.2 Å². The van der Waals surface area contributed by atoms with Crippen LogP contribution in [0.3, 0.4) is 0 Å². The lowest BCUT2D eigenvalue weighted by Gasteiger charge is -2.36. The van der Waals surface area contributed by atoms with E-state index in [1.807, 2.05) is 48.7 Å². The number of nitrogens with zero attached hydrogens (tertiary/aromatic N) is 4. The molecule has 3 aromatic rings. The van der Waals surface area contributed by atoms with Crippen molar-refractivity contribution < 1.29 is 14.6 Å². The van der Waals surface area contributed by atoms with Gasteiger partial charge in [-0.2, -0.15) is 5.10 Å². The molecule has 3 unspecified atom stereocenters. The lowest BCUT2D eigenvalue weighted by molar-refractivity contribution is -0.129. The van der Waals surface area contributed by atoms with Crippen LogP contribution >= 0.6 is 0 Å². The molecule has 0 saturated heterocycles. The van der Waals surface area contributed by atoms with E-state index in [-0.39, 0.29) is 11.9 Å². The molecule has 2 N–H and O–H groups in total. The number of rotatable bonds is 5. The number of aliphatic hydroxyl groups is 1. The third-order valence-electron chi connectivity index (χ3n) is 6.14. The number of aliphatic hydroxyl groups excluding tert-OH is 1. The Morgan fingerprint density at radius 1 is 1.16 bits per heavy atom. The third-order valence-corrected chi connectivity index (χ3v) is 6.14. The van der Waals surface area contributed by atoms with Gasteiger partial charge in [-0.25, -0.2) is 4.68 Å². The van der Waals surface area contributed by atoms with E-state index in [9.17, 15) is 9.90 Å². The van der Waals surface area contributed by atoms with Gasteiger partial charge in [-0.3, -0.25) is 9.78 Å². The van der Waals surface area contributed by atoms with E-state index in [2.05, 4.69) is 20.3 Å². The van der Waals surface area contributed by atoms with Gasteiger partial charge in [0.05, 0.1) is 48.5 Å². The maximum Gasteiger partial charge on any atom is 0.263 e. The average Bonchev–Trinajstić information content (AvgIpc) is 3.36. The Bertz CT molecular complexity index is 1050. The minimum atomic E-state index is -0.651. The molecule has 1 aliphatic carbocycles. The highest BCUT2D eigenvalue weighted by atomic mass is 16.5. The van der Waals surface area contributed by atoms with Gasteiger partial charge in [0.2, 0.25) is 0 Å². The summed E-state index contributed by atoms with van der Waals surface area (Å²) < 4.78 is 7.80. The van der Waals surface area contributed by atoms with E-state index in [0.717, 1.165) is 42.8 Å². The number of carbonyl (C=O) groups is 1. The van der Waals surface area contributed by atoms with Crippen molar-refractivity contribution in [2.24, 2.45) is 0 Å². The summed E-state index contributed by atoms with van der Waals surface area (Å²) in [6.45, 7) is 0.962. The lowest BCUT2D eigenvalue weighted by atomic mass is 9.92. The Morgan fingerprint density at radius 3 is 2.81 bits per heavy atom. The maximum absolute atomic E-state index is 13.0. The van der Waals surface area contributed by atoms with Gasteiger partial charge in [0, 0.05) is 12.4 Å². The first kappa shape index (κ1) is 20.5. The molecule has 2 aliphatic rings. The molecular weight excluding hydrogens is 406 g/mol. The summed E-state index contributed by atoms with van der Waals surface area (Å²) in [4.78, 5) is 19.7. The summed E-state index contributed by atoms with van der Waals surface area (Å²) in [6.07, 6.45) is 7.81. The number of aromatic nitrogens is 3. The second-order valence-electron chi connectivity index (χ2n) is 8.38. The van der Waals surface area contributed by atoms with Crippen LogP contribution in [0.2, 0.25) is 0 Å². The highest BCUT2D eigenvalue weighted by molar-refractivity contribution is 5.83. The van der Waals surface area contributed by atoms with E-state index < -0.39 is 12.2 Å². The lowest BCUT2D eigenvalue weighted by Crippen LogP contribution is -2.54. The van der Waals surface area contributed by atoms with Gasteiger partial charge in [0.25, 0.3) is 5.91 Å². The molecule has 8 nitrogen and oxygen atoms in total. The van der Waals surface area contributed by atoms with Crippen molar-refractivity contribution in [1.29, 1.82) is 0 Å². The summed E-state index contributed by atoms with van der Waals surface area (Å²) in [7, 11) is 0. The van der Waals surface area contributed by atoms with Crippen molar-refractivity contribution in [3.8, 4) is 11.4 Å². The molecule has 3 atom stereocenters. The molecule has 2 aromatic heterocycles. The van der Waals surface area contributed by atoms with Crippen LogP contribution < -0.4 is 15.0 Å². The van der Waals surface area contributed by atoms with Gasteiger partial charge < -0.3 is 20.1 Å². The van der Waals surface area contributed by atoms with Gasteiger partial charge >= 0.3 is 0 Å². The van der Waals surface area contributed by atoms with Crippen LogP contribution in [0, 0.1) is 0 Å². The predicted molar refractivity (Wildman–Crippen MR) is 120 cm³/mol. The summed E-state index contributed by atoms with van der Waals surface area (Å²) in [6, 6.07) is 13.4. The molecule has 3 heterocycles. The average molecular weight is 434 g/mol. The van der Waals surface area contributed by atoms with Gasteiger partial charge in [-0.15, -0.1) is 0 Å². The highest BCUT2D eigenvalue weighted by Gasteiger charge is 2.33. The largest absolute Gasteiger partial charge is 0.477 e. The first-order valence-corrected chi connectivity index (χ1v) is 11.1. The SMILES string of the molecule is O=C(NC1CCCCC1O)C1CN(Cc2ccc(-n3cccn3)cn2)c2ccccc2O1. The van der Waals surface area contributed by atoms with Gasteiger partial charge in [-0.1, -0.05) is 25.0 Å².